The maximum atomic E-state index is 13.5. The highest BCUT2D eigenvalue weighted by Crippen LogP contribution is 2.44. The lowest BCUT2D eigenvalue weighted by Gasteiger charge is -2.37. The highest BCUT2D eigenvalue weighted by molar-refractivity contribution is 6.35. The van der Waals surface area contributed by atoms with Crippen LogP contribution in [0.1, 0.15) is 63.5 Å². The average molecular weight is 434 g/mol. The summed E-state index contributed by atoms with van der Waals surface area (Å²) >= 11 is 12.6. The van der Waals surface area contributed by atoms with Crippen molar-refractivity contribution in [2.45, 2.75) is 70.8 Å². The first-order chi connectivity index (χ1) is 13.9. The van der Waals surface area contributed by atoms with Crippen molar-refractivity contribution in [3.8, 4) is 5.75 Å². The van der Waals surface area contributed by atoms with Gasteiger partial charge in [-0.3, -0.25) is 4.79 Å². The summed E-state index contributed by atoms with van der Waals surface area (Å²) in [6, 6.07) is 11.3. The van der Waals surface area contributed by atoms with E-state index in [2.05, 4.69) is 19.2 Å². The lowest BCUT2D eigenvalue weighted by molar-refractivity contribution is -0.122. The molecule has 3 rings (SSSR count). The van der Waals surface area contributed by atoms with E-state index in [0.29, 0.717) is 10.0 Å². The second-order valence-electron chi connectivity index (χ2n) is 8.04. The lowest BCUT2D eigenvalue weighted by Crippen LogP contribution is -2.42. The molecule has 0 bridgehead atoms. The molecule has 1 N–H and O–H groups in total. The quantitative estimate of drug-likeness (QED) is 0.517. The Kier molecular flexibility index (Phi) is 7.13. The van der Waals surface area contributed by atoms with E-state index < -0.39 is 5.41 Å². The number of carbonyl (C=O) groups excluding carboxylic acids is 1. The van der Waals surface area contributed by atoms with Gasteiger partial charge in [0.2, 0.25) is 5.91 Å². The van der Waals surface area contributed by atoms with Crippen LogP contribution in [0.15, 0.2) is 36.4 Å². The lowest BCUT2D eigenvalue weighted by atomic mass is 9.68. The Morgan fingerprint density at radius 2 is 1.86 bits per heavy atom. The van der Waals surface area contributed by atoms with Crippen molar-refractivity contribution >= 4 is 34.8 Å². The van der Waals surface area contributed by atoms with Crippen LogP contribution in [0.3, 0.4) is 0 Å². The van der Waals surface area contributed by atoms with Crippen LogP contribution in [-0.2, 0) is 10.2 Å². The van der Waals surface area contributed by atoms with Crippen molar-refractivity contribution < 1.29 is 9.53 Å². The van der Waals surface area contributed by atoms with Crippen molar-refractivity contribution in [3.63, 3.8) is 0 Å². The number of rotatable bonds is 6. The minimum atomic E-state index is -0.625. The summed E-state index contributed by atoms with van der Waals surface area (Å²) in [6.07, 6.45) is 5.83. The number of anilines is 1. The van der Waals surface area contributed by atoms with E-state index in [1.165, 1.54) is 0 Å². The molecule has 1 aliphatic carbocycles. The molecule has 0 aromatic heterocycles. The van der Waals surface area contributed by atoms with Gasteiger partial charge in [-0.2, -0.15) is 0 Å². The van der Waals surface area contributed by atoms with Crippen molar-refractivity contribution in [1.29, 1.82) is 0 Å². The normalized spacial score (nSPS) is 16.9. The predicted molar refractivity (Wildman–Crippen MR) is 121 cm³/mol. The van der Waals surface area contributed by atoms with Gasteiger partial charge in [0, 0.05) is 15.7 Å². The summed E-state index contributed by atoms with van der Waals surface area (Å²) < 4.78 is 5.94. The molecule has 0 aliphatic heterocycles. The molecule has 0 radical (unpaired) electrons. The molecular formula is C24H29Cl2NO2. The standard InChI is InChI=1S/C24H29Cl2NO2/c1-4-17(3)29-22-11-9-19(14-16(22)2)27-23(28)24(12-6-5-7-13-24)20-10-8-18(25)15-21(20)26/h8-11,14-15,17H,4-7,12-13H2,1-3H3,(H,27,28). The number of hydrogen-bond donors (Lipinski definition) is 1. The molecule has 1 aliphatic rings. The van der Waals surface area contributed by atoms with E-state index in [4.69, 9.17) is 27.9 Å². The number of benzene rings is 2. The maximum absolute atomic E-state index is 13.5. The molecule has 0 saturated heterocycles. The van der Waals surface area contributed by atoms with Gasteiger partial charge < -0.3 is 10.1 Å². The van der Waals surface area contributed by atoms with E-state index >= 15 is 0 Å². The van der Waals surface area contributed by atoms with Gasteiger partial charge in [0.15, 0.2) is 0 Å². The molecule has 0 heterocycles. The molecule has 1 atom stereocenters. The van der Waals surface area contributed by atoms with Crippen LogP contribution in [0.4, 0.5) is 5.69 Å². The van der Waals surface area contributed by atoms with E-state index in [1.54, 1.807) is 6.07 Å². The minimum absolute atomic E-state index is 0.00332. The molecular weight excluding hydrogens is 405 g/mol. The van der Waals surface area contributed by atoms with Crippen molar-refractivity contribution in [2.75, 3.05) is 5.32 Å². The highest BCUT2D eigenvalue weighted by atomic mass is 35.5. The zero-order valence-corrected chi connectivity index (χ0v) is 18.9. The summed E-state index contributed by atoms with van der Waals surface area (Å²) in [6.45, 7) is 6.15. The Hall–Kier alpha value is -1.71. The number of halogens is 2. The van der Waals surface area contributed by atoms with Gasteiger partial charge in [0.25, 0.3) is 0 Å². The monoisotopic (exact) mass is 433 g/mol. The topological polar surface area (TPSA) is 38.3 Å². The van der Waals surface area contributed by atoms with E-state index in [0.717, 1.165) is 61.1 Å². The number of aryl methyl sites for hydroxylation is 1. The van der Waals surface area contributed by atoms with Gasteiger partial charge >= 0.3 is 0 Å². The largest absolute Gasteiger partial charge is 0.490 e. The zero-order valence-electron chi connectivity index (χ0n) is 17.4. The Morgan fingerprint density at radius 3 is 2.48 bits per heavy atom. The molecule has 1 saturated carbocycles. The molecule has 29 heavy (non-hydrogen) atoms. The van der Waals surface area contributed by atoms with E-state index in [-0.39, 0.29) is 12.0 Å². The van der Waals surface area contributed by atoms with Gasteiger partial charge in [0.1, 0.15) is 5.75 Å². The summed E-state index contributed by atoms with van der Waals surface area (Å²) in [7, 11) is 0. The average Bonchev–Trinajstić information content (AvgIpc) is 2.70. The van der Waals surface area contributed by atoms with E-state index in [1.807, 2.05) is 37.3 Å². The molecule has 156 valence electrons. The first kappa shape index (κ1) is 22.0. The van der Waals surface area contributed by atoms with Gasteiger partial charge in [-0.1, -0.05) is 55.5 Å². The summed E-state index contributed by atoms with van der Waals surface area (Å²) in [5, 5.41) is 4.28. The second-order valence-corrected chi connectivity index (χ2v) is 8.88. The van der Waals surface area contributed by atoms with Crippen LogP contribution >= 0.6 is 23.2 Å². The Labute approximate surface area is 183 Å². The maximum Gasteiger partial charge on any atom is 0.235 e. The Morgan fingerprint density at radius 1 is 1.14 bits per heavy atom. The third-order valence-corrected chi connectivity index (χ3v) is 6.47. The number of ether oxygens (including phenoxy) is 1. The number of carbonyl (C=O) groups is 1. The fourth-order valence-electron chi connectivity index (χ4n) is 4.06. The van der Waals surface area contributed by atoms with Gasteiger partial charge in [0.05, 0.1) is 11.5 Å². The highest BCUT2D eigenvalue weighted by Gasteiger charge is 2.42. The number of amides is 1. The number of nitrogens with one attached hydrogen (secondary N) is 1. The SMILES string of the molecule is CCC(C)Oc1ccc(NC(=O)C2(c3ccc(Cl)cc3Cl)CCCCC2)cc1C. The van der Waals surface area contributed by atoms with Crippen LogP contribution in [0, 0.1) is 6.92 Å². The van der Waals surface area contributed by atoms with Crippen molar-refractivity contribution in [1.82, 2.24) is 0 Å². The van der Waals surface area contributed by atoms with Gasteiger partial charge in [-0.25, -0.2) is 0 Å². The predicted octanol–water partition coefficient (Wildman–Crippen LogP) is 7.32. The van der Waals surface area contributed by atoms with E-state index in [9.17, 15) is 4.79 Å². The molecule has 0 spiro atoms. The third-order valence-electron chi connectivity index (χ3n) is 5.92. The van der Waals surface area contributed by atoms with Crippen LogP contribution in [0.5, 0.6) is 5.75 Å². The van der Waals surface area contributed by atoms with Gasteiger partial charge in [-0.05, 0) is 74.6 Å². The molecule has 1 fully saturated rings. The summed E-state index contributed by atoms with van der Waals surface area (Å²) in [5.74, 6) is 0.849. The molecule has 2 aromatic carbocycles. The Bertz CT molecular complexity index is 875. The summed E-state index contributed by atoms with van der Waals surface area (Å²) in [5.41, 5.74) is 2.03. The fourth-order valence-corrected chi connectivity index (χ4v) is 4.65. The van der Waals surface area contributed by atoms with Gasteiger partial charge in [-0.15, -0.1) is 0 Å². The minimum Gasteiger partial charge on any atom is -0.490 e. The summed E-state index contributed by atoms with van der Waals surface area (Å²) in [4.78, 5) is 13.5. The second kappa shape index (κ2) is 9.40. The molecule has 1 amide bonds. The van der Waals surface area contributed by atoms with Crippen LogP contribution in [0.2, 0.25) is 10.0 Å². The molecule has 3 nitrogen and oxygen atoms in total. The van der Waals surface area contributed by atoms with Crippen LogP contribution in [0.25, 0.3) is 0 Å². The van der Waals surface area contributed by atoms with Crippen LogP contribution in [-0.4, -0.2) is 12.0 Å². The number of hydrogen-bond acceptors (Lipinski definition) is 2. The first-order valence-corrected chi connectivity index (χ1v) is 11.2. The molecule has 5 heteroatoms. The molecule has 2 aromatic rings. The Balaban J connectivity index is 1.87. The zero-order chi connectivity index (χ0) is 21.0. The smallest absolute Gasteiger partial charge is 0.235 e. The third kappa shape index (κ3) is 4.90. The van der Waals surface area contributed by atoms with Crippen molar-refractivity contribution in [3.05, 3.63) is 57.6 Å². The van der Waals surface area contributed by atoms with Crippen LogP contribution < -0.4 is 10.1 Å². The van der Waals surface area contributed by atoms with Crippen molar-refractivity contribution in [2.24, 2.45) is 0 Å². The fraction of sp³-hybridized carbons (Fsp3) is 0.458. The molecule has 1 unspecified atom stereocenters. The first-order valence-electron chi connectivity index (χ1n) is 10.4.